The van der Waals surface area contributed by atoms with Crippen molar-refractivity contribution in [2.75, 3.05) is 34.1 Å². The van der Waals surface area contributed by atoms with E-state index >= 15 is 0 Å². The minimum Gasteiger partial charge on any atom is -1.00 e. The maximum absolute atomic E-state index is 12.9. The largest absolute Gasteiger partial charge is 1.00 e. The molecule has 0 aliphatic rings. The van der Waals surface area contributed by atoms with E-state index in [4.69, 9.17) is 18.9 Å². The molecule has 0 aliphatic heterocycles. The second kappa shape index (κ2) is 19.0. The van der Waals surface area contributed by atoms with Gasteiger partial charge in [-0.3, -0.25) is 4.79 Å². The van der Waals surface area contributed by atoms with Gasteiger partial charge < -0.3 is 35.9 Å². The van der Waals surface area contributed by atoms with Gasteiger partial charge in [0, 0.05) is 5.56 Å². The van der Waals surface area contributed by atoms with Crippen LogP contribution in [0.15, 0.2) is 133 Å². The van der Waals surface area contributed by atoms with Gasteiger partial charge in [0.05, 0.1) is 34.1 Å². The number of hydrogen-bond acceptors (Lipinski definition) is 5. The number of allylic oxidation sites excluding steroid dienone is 1. The summed E-state index contributed by atoms with van der Waals surface area (Å²) >= 11 is 0. The van der Waals surface area contributed by atoms with E-state index in [9.17, 15) is 4.79 Å². The van der Waals surface area contributed by atoms with Crippen LogP contribution in [-0.2, 0) is 0 Å². The quantitative estimate of drug-likeness (QED) is 0.0543. The molecule has 0 amide bonds. The molecule has 0 N–H and O–H groups in total. The highest BCUT2D eigenvalue weighted by molar-refractivity contribution is 7.95. The Hall–Kier alpha value is -4.38. The number of benzene rings is 5. The third kappa shape index (κ3) is 9.41. The van der Waals surface area contributed by atoms with Crippen LogP contribution in [0, 0.1) is 0 Å². The molecule has 0 radical (unpaired) electrons. The number of ketones is 1. The summed E-state index contributed by atoms with van der Waals surface area (Å²) in [5.74, 6) is 2.00. The minimum absolute atomic E-state index is 0. The molecule has 0 saturated heterocycles. The van der Waals surface area contributed by atoms with E-state index < -0.39 is 7.26 Å². The molecule has 254 valence electrons. The molecule has 0 heterocycles. The minimum atomic E-state index is -1.78. The van der Waals surface area contributed by atoms with Gasteiger partial charge in [-0.05, 0) is 98.0 Å². The molecule has 5 rings (SSSR count). The number of halogens is 1. The Kier molecular flexibility index (Phi) is 14.5. The molecule has 0 spiro atoms. The van der Waals surface area contributed by atoms with Crippen LogP contribution < -0.4 is 51.8 Å². The van der Waals surface area contributed by atoms with E-state index in [-0.39, 0.29) is 22.8 Å². The Morgan fingerprint density at radius 3 is 1.57 bits per heavy atom. The van der Waals surface area contributed by atoms with Crippen LogP contribution in [-0.4, -0.2) is 39.9 Å². The van der Waals surface area contributed by atoms with Crippen molar-refractivity contribution in [1.82, 2.24) is 0 Å². The van der Waals surface area contributed by atoms with Gasteiger partial charge in [0.2, 0.25) is 5.75 Å². The van der Waals surface area contributed by atoms with E-state index in [2.05, 4.69) is 91.0 Å². The Morgan fingerprint density at radius 1 is 0.612 bits per heavy atom. The van der Waals surface area contributed by atoms with Crippen molar-refractivity contribution in [2.24, 2.45) is 0 Å². The average molecular weight is 740 g/mol. The predicted molar refractivity (Wildman–Crippen MR) is 200 cm³/mol. The fraction of sp³-hybridized carbons (Fsp3) is 0.214. The van der Waals surface area contributed by atoms with Gasteiger partial charge in [-0.1, -0.05) is 72.8 Å². The predicted octanol–water partition coefficient (Wildman–Crippen LogP) is 5.55. The molecular weight excluding hydrogens is 695 g/mol. The number of hydrogen-bond donors (Lipinski definition) is 0. The number of carbonyl (C=O) groups excluding carboxylic acids is 1. The zero-order valence-electron chi connectivity index (χ0n) is 28.4. The SMILES string of the molecule is COc1cc(C(=O)/C=C\c2ccc(OCCCCCC[P+](c3ccccc3)(c3ccccc3)c3ccccc3)cc2)cc(OC)c1OC.[Br-]. The van der Waals surface area contributed by atoms with Crippen molar-refractivity contribution in [3.63, 3.8) is 0 Å². The van der Waals surface area contributed by atoms with Crippen LogP contribution in [0.1, 0.15) is 41.6 Å². The first-order valence-electron chi connectivity index (χ1n) is 16.4. The fourth-order valence-electron chi connectivity index (χ4n) is 6.04. The van der Waals surface area contributed by atoms with E-state index in [1.54, 1.807) is 24.3 Å². The molecule has 0 fully saturated rings. The second-order valence-corrected chi connectivity index (χ2v) is 15.1. The van der Waals surface area contributed by atoms with Crippen LogP contribution in [0.2, 0.25) is 0 Å². The number of rotatable bonds is 17. The zero-order valence-corrected chi connectivity index (χ0v) is 30.9. The van der Waals surface area contributed by atoms with Gasteiger partial charge in [0.15, 0.2) is 17.3 Å². The first kappa shape index (κ1) is 37.4. The van der Waals surface area contributed by atoms with Crippen molar-refractivity contribution >= 4 is 35.0 Å². The smallest absolute Gasteiger partial charge is 0.203 e. The van der Waals surface area contributed by atoms with Crippen LogP contribution >= 0.6 is 7.26 Å². The third-order valence-electron chi connectivity index (χ3n) is 8.50. The van der Waals surface area contributed by atoms with Crippen molar-refractivity contribution in [3.8, 4) is 23.0 Å². The summed E-state index contributed by atoms with van der Waals surface area (Å²) < 4.78 is 22.2. The molecule has 5 aromatic rings. The summed E-state index contributed by atoms with van der Waals surface area (Å²) in [5, 5.41) is 4.32. The molecule has 49 heavy (non-hydrogen) atoms. The molecule has 0 bridgehead atoms. The number of unbranched alkanes of at least 4 members (excludes halogenated alkanes) is 3. The van der Waals surface area contributed by atoms with E-state index in [0.717, 1.165) is 43.2 Å². The summed E-state index contributed by atoms with van der Waals surface area (Å²) in [7, 11) is 2.82. The molecule has 0 unspecified atom stereocenters. The molecule has 0 aliphatic carbocycles. The summed E-state index contributed by atoms with van der Waals surface area (Å²) in [5.41, 5.74) is 1.36. The van der Waals surface area contributed by atoms with E-state index in [0.29, 0.717) is 29.4 Å². The Labute approximate surface area is 302 Å². The Bertz CT molecular complexity index is 1640. The lowest BCUT2D eigenvalue weighted by atomic mass is 10.1. The topological polar surface area (TPSA) is 54.0 Å². The van der Waals surface area contributed by atoms with Crippen molar-refractivity contribution < 1.29 is 40.7 Å². The Balaban J connectivity index is 0.00000541. The molecule has 0 saturated carbocycles. The highest BCUT2D eigenvalue weighted by Gasteiger charge is 2.44. The summed E-state index contributed by atoms with van der Waals surface area (Å²) in [4.78, 5) is 12.9. The highest BCUT2D eigenvalue weighted by atomic mass is 79.9. The lowest BCUT2D eigenvalue weighted by Crippen LogP contribution is -3.00. The number of ether oxygens (including phenoxy) is 4. The van der Waals surface area contributed by atoms with Crippen molar-refractivity contribution in [2.45, 2.75) is 25.7 Å². The molecule has 7 heteroatoms. The monoisotopic (exact) mass is 738 g/mol. The maximum Gasteiger partial charge on any atom is 0.203 e. The van der Waals surface area contributed by atoms with Gasteiger partial charge in [-0.2, -0.15) is 0 Å². The number of methoxy groups -OCH3 is 3. The second-order valence-electron chi connectivity index (χ2n) is 11.5. The van der Waals surface area contributed by atoms with Crippen LogP contribution in [0.4, 0.5) is 0 Å². The van der Waals surface area contributed by atoms with Gasteiger partial charge >= 0.3 is 0 Å². The van der Waals surface area contributed by atoms with Crippen LogP contribution in [0.3, 0.4) is 0 Å². The first-order valence-corrected chi connectivity index (χ1v) is 18.4. The van der Waals surface area contributed by atoms with Gasteiger partial charge in [-0.25, -0.2) is 0 Å². The van der Waals surface area contributed by atoms with Crippen molar-refractivity contribution in [3.05, 3.63) is 145 Å². The maximum atomic E-state index is 12.9. The van der Waals surface area contributed by atoms with Gasteiger partial charge in [0.25, 0.3) is 0 Å². The van der Waals surface area contributed by atoms with Crippen LogP contribution in [0.25, 0.3) is 6.08 Å². The lowest BCUT2D eigenvalue weighted by molar-refractivity contribution is -0.0000179. The van der Waals surface area contributed by atoms with Gasteiger partial charge in [-0.15, -0.1) is 0 Å². The van der Waals surface area contributed by atoms with Gasteiger partial charge in [0.1, 0.15) is 28.9 Å². The highest BCUT2D eigenvalue weighted by Crippen LogP contribution is 2.56. The number of carbonyl (C=O) groups is 1. The normalized spacial score (nSPS) is 11.1. The summed E-state index contributed by atoms with van der Waals surface area (Å²) in [6.07, 6.45) is 8.90. The Morgan fingerprint density at radius 2 is 1.10 bits per heavy atom. The molecular formula is C42H44BrO5P. The van der Waals surface area contributed by atoms with Crippen LogP contribution in [0.5, 0.6) is 23.0 Å². The summed E-state index contributed by atoms with van der Waals surface area (Å²) in [6, 6.07) is 44.4. The fourth-order valence-corrected chi connectivity index (χ4v) is 10.5. The standard InChI is InChI=1S/C42H44O5P.BrH/c1-44-40-31-34(32-41(45-2)42(40)46-3)39(43)28-25-33-23-26-35(27-24-33)47-29-15-4-5-16-30-48(36-17-9-6-10-18-36,37-19-11-7-12-20-37)38-21-13-8-14-22-38;/h6-14,17-28,31-32H,4-5,15-16,29-30H2,1-3H3;1H/q+1;/p-1/b28-25-;. The average Bonchev–Trinajstić information content (AvgIpc) is 3.16. The summed E-state index contributed by atoms with van der Waals surface area (Å²) in [6.45, 7) is 0.672. The van der Waals surface area contributed by atoms with Crippen molar-refractivity contribution in [1.29, 1.82) is 0 Å². The lowest BCUT2D eigenvalue weighted by Gasteiger charge is -2.27. The first-order chi connectivity index (χ1) is 23.6. The zero-order chi connectivity index (χ0) is 33.6. The van der Waals surface area contributed by atoms with E-state index in [1.807, 2.05) is 24.3 Å². The third-order valence-corrected chi connectivity index (χ3v) is 13.0. The molecule has 5 nitrogen and oxygen atoms in total. The molecule has 0 atom stereocenters. The molecule has 5 aromatic carbocycles. The molecule has 0 aromatic heterocycles. The van der Waals surface area contributed by atoms with E-state index in [1.165, 1.54) is 37.2 Å².